The van der Waals surface area contributed by atoms with E-state index >= 15 is 0 Å². The summed E-state index contributed by atoms with van der Waals surface area (Å²) in [6.45, 7) is 6.64. The van der Waals surface area contributed by atoms with Crippen molar-refractivity contribution >= 4 is 11.6 Å². The van der Waals surface area contributed by atoms with Crippen LogP contribution >= 0.6 is 0 Å². The fourth-order valence-corrected chi connectivity index (χ4v) is 2.31. The molecule has 0 aliphatic carbocycles. The predicted octanol–water partition coefficient (Wildman–Crippen LogP) is 1.52. The number of carbonyl (C=O) groups excluding carboxylic acids is 1. The highest BCUT2D eigenvalue weighted by Crippen LogP contribution is 2.14. The van der Waals surface area contributed by atoms with Crippen molar-refractivity contribution in [2.45, 2.75) is 39.9 Å². The molecule has 0 aromatic carbocycles. The minimum absolute atomic E-state index is 0.0853. The molecule has 1 amide bonds. The van der Waals surface area contributed by atoms with Crippen LogP contribution in [0.2, 0.25) is 0 Å². The fraction of sp³-hybridized carbons (Fsp3) is 0.500. The van der Waals surface area contributed by atoms with Gasteiger partial charge in [0, 0.05) is 12.7 Å². The number of hydrogen-bond donors (Lipinski definition) is 1. The molecule has 0 saturated carbocycles. The highest BCUT2D eigenvalue weighted by Gasteiger charge is 2.20. The van der Waals surface area contributed by atoms with Crippen LogP contribution in [-0.2, 0) is 17.9 Å². The van der Waals surface area contributed by atoms with Crippen molar-refractivity contribution in [3.63, 3.8) is 0 Å². The number of carbonyl (C=O) groups is 1. The molecule has 2 atom stereocenters. The molecule has 0 saturated heterocycles. The van der Waals surface area contributed by atoms with Crippen molar-refractivity contribution in [3.8, 4) is 0 Å². The Kier molecular flexibility index (Phi) is 5.09. The number of aryl methyl sites for hydroxylation is 1. The number of hydrogen-bond acceptors (Lipinski definition) is 5. The molecular formula is C14H20N6O3. The van der Waals surface area contributed by atoms with Gasteiger partial charge in [0.05, 0.1) is 29.1 Å². The smallest absolute Gasteiger partial charge is 0.306 e. The molecule has 9 heteroatoms. The molecule has 0 bridgehead atoms. The zero-order chi connectivity index (χ0) is 17.0. The summed E-state index contributed by atoms with van der Waals surface area (Å²) in [6.07, 6.45) is 4.19. The lowest BCUT2D eigenvalue weighted by Crippen LogP contribution is -2.34. The van der Waals surface area contributed by atoms with Crippen LogP contribution in [0.5, 0.6) is 0 Å². The van der Waals surface area contributed by atoms with Crippen molar-refractivity contribution in [2.75, 3.05) is 0 Å². The van der Waals surface area contributed by atoms with E-state index in [2.05, 4.69) is 15.5 Å². The van der Waals surface area contributed by atoms with Crippen LogP contribution in [0.15, 0.2) is 24.7 Å². The van der Waals surface area contributed by atoms with E-state index < -0.39 is 4.92 Å². The number of rotatable bonds is 7. The second kappa shape index (κ2) is 7.03. The molecule has 2 aromatic rings. The van der Waals surface area contributed by atoms with Gasteiger partial charge >= 0.3 is 5.69 Å². The van der Waals surface area contributed by atoms with Crippen molar-refractivity contribution in [2.24, 2.45) is 5.92 Å². The fourth-order valence-electron chi connectivity index (χ4n) is 2.31. The van der Waals surface area contributed by atoms with Gasteiger partial charge in [0.2, 0.25) is 5.91 Å². The molecule has 0 radical (unpaired) electrons. The summed E-state index contributed by atoms with van der Waals surface area (Å²) < 4.78 is 3.23. The molecule has 0 aliphatic heterocycles. The largest absolute Gasteiger partial charge is 0.348 e. The number of nitro groups is 1. The first-order valence-electron chi connectivity index (χ1n) is 7.41. The molecule has 2 heterocycles. The van der Waals surface area contributed by atoms with E-state index in [9.17, 15) is 14.9 Å². The standard InChI is InChI=1S/C14H20N6O3/c1-4-19-13(5-6-15-19)11(3)17-14(21)10(2)8-18-9-12(7-16-18)20(22)23/h5-7,9-11H,4,8H2,1-3H3,(H,17,21). The van der Waals surface area contributed by atoms with Gasteiger partial charge in [0.15, 0.2) is 0 Å². The van der Waals surface area contributed by atoms with E-state index in [4.69, 9.17) is 0 Å². The number of aromatic nitrogens is 4. The first kappa shape index (κ1) is 16.7. The molecule has 1 N–H and O–H groups in total. The Hall–Kier alpha value is -2.71. The van der Waals surface area contributed by atoms with Gasteiger partial charge < -0.3 is 5.32 Å². The van der Waals surface area contributed by atoms with Crippen molar-refractivity contribution in [1.82, 2.24) is 24.9 Å². The quantitative estimate of drug-likeness (QED) is 0.614. The molecule has 2 rings (SSSR count). The Morgan fingerprint density at radius 3 is 2.78 bits per heavy atom. The zero-order valence-electron chi connectivity index (χ0n) is 13.3. The highest BCUT2D eigenvalue weighted by molar-refractivity contribution is 5.78. The molecule has 0 fully saturated rings. The van der Waals surface area contributed by atoms with Crippen LogP contribution in [0.1, 0.15) is 32.5 Å². The van der Waals surface area contributed by atoms with Gasteiger partial charge in [-0.2, -0.15) is 10.2 Å². The molecule has 2 unspecified atom stereocenters. The lowest BCUT2D eigenvalue weighted by molar-refractivity contribution is -0.385. The summed E-state index contributed by atoms with van der Waals surface area (Å²) >= 11 is 0. The number of nitrogens with one attached hydrogen (secondary N) is 1. The monoisotopic (exact) mass is 320 g/mol. The maximum absolute atomic E-state index is 12.3. The SMILES string of the molecule is CCn1nccc1C(C)NC(=O)C(C)Cn1cc([N+](=O)[O-])cn1. The Labute approximate surface area is 133 Å². The van der Waals surface area contributed by atoms with Crippen LogP contribution in [0.25, 0.3) is 0 Å². The summed E-state index contributed by atoms with van der Waals surface area (Å²) in [6, 6.07) is 1.70. The zero-order valence-corrected chi connectivity index (χ0v) is 13.3. The molecule has 9 nitrogen and oxygen atoms in total. The van der Waals surface area contributed by atoms with E-state index in [-0.39, 0.29) is 30.1 Å². The van der Waals surface area contributed by atoms with Gasteiger partial charge in [-0.05, 0) is 19.9 Å². The van der Waals surface area contributed by atoms with E-state index in [0.29, 0.717) is 0 Å². The first-order valence-corrected chi connectivity index (χ1v) is 7.41. The van der Waals surface area contributed by atoms with Crippen molar-refractivity contribution < 1.29 is 9.72 Å². The van der Waals surface area contributed by atoms with Gasteiger partial charge in [0.25, 0.3) is 0 Å². The number of nitrogens with zero attached hydrogens (tertiary/aromatic N) is 5. The predicted molar refractivity (Wildman–Crippen MR) is 82.5 cm³/mol. The Balaban J connectivity index is 1.95. The molecule has 23 heavy (non-hydrogen) atoms. The molecule has 0 spiro atoms. The molecule has 0 aliphatic rings. The van der Waals surface area contributed by atoms with Gasteiger partial charge in [-0.15, -0.1) is 0 Å². The van der Waals surface area contributed by atoms with Crippen molar-refractivity contribution in [3.05, 3.63) is 40.5 Å². The summed E-state index contributed by atoms with van der Waals surface area (Å²) in [5.74, 6) is -0.505. The van der Waals surface area contributed by atoms with Gasteiger partial charge in [-0.25, -0.2) is 0 Å². The third-order valence-corrected chi connectivity index (χ3v) is 3.59. The normalized spacial score (nSPS) is 13.5. The lowest BCUT2D eigenvalue weighted by atomic mass is 10.1. The average molecular weight is 320 g/mol. The Morgan fingerprint density at radius 2 is 2.17 bits per heavy atom. The summed E-state index contributed by atoms with van der Waals surface area (Å²) in [5.41, 5.74) is 0.848. The minimum atomic E-state index is -0.512. The van der Waals surface area contributed by atoms with E-state index in [1.165, 1.54) is 17.1 Å². The highest BCUT2D eigenvalue weighted by atomic mass is 16.6. The summed E-state index contributed by atoms with van der Waals surface area (Å²) in [7, 11) is 0. The summed E-state index contributed by atoms with van der Waals surface area (Å²) in [5, 5.41) is 21.6. The van der Waals surface area contributed by atoms with Crippen LogP contribution < -0.4 is 5.32 Å². The lowest BCUT2D eigenvalue weighted by Gasteiger charge is -2.18. The van der Waals surface area contributed by atoms with E-state index in [1.807, 2.05) is 24.6 Å². The van der Waals surface area contributed by atoms with Gasteiger partial charge in [-0.1, -0.05) is 6.92 Å². The second-order valence-corrected chi connectivity index (χ2v) is 5.38. The van der Waals surface area contributed by atoms with Crippen LogP contribution in [0, 0.1) is 16.0 Å². The van der Waals surface area contributed by atoms with E-state index in [1.54, 1.807) is 13.1 Å². The van der Waals surface area contributed by atoms with Crippen LogP contribution in [-0.4, -0.2) is 30.4 Å². The third-order valence-electron chi connectivity index (χ3n) is 3.59. The maximum Gasteiger partial charge on any atom is 0.306 e. The molecule has 2 aromatic heterocycles. The number of amides is 1. The molecule has 124 valence electrons. The van der Waals surface area contributed by atoms with Crippen LogP contribution in [0.4, 0.5) is 5.69 Å². The Morgan fingerprint density at radius 1 is 1.43 bits per heavy atom. The van der Waals surface area contributed by atoms with Gasteiger partial charge in [0.1, 0.15) is 12.4 Å². The van der Waals surface area contributed by atoms with Crippen molar-refractivity contribution in [1.29, 1.82) is 0 Å². The minimum Gasteiger partial charge on any atom is -0.348 e. The second-order valence-electron chi connectivity index (χ2n) is 5.38. The summed E-state index contributed by atoms with van der Waals surface area (Å²) in [4.78, 5) is 22.4. The Bertz CT molecular complexity index is 692. The average Bonchev–Trinajstić information content (AvgIpc) is 3.15. The van der Waals surface area contributed by atoms with Crippen LogP contribution in [0.3, 0.4) is 0 Å². The molecular weight excluding hydrogens is 300 g/mol. The maximum atomic E-state index is 12.3. The first-order chi connectivity index (χ1) is 10.9. The topological polar surface area (TPSA) is 108 Å². The van der Waals surface area contributed by atoms with Gasteiger partial charge in [-0.3, -0.25) is 24.3 Å². The van der Waals surface area contributed by atoms with E-state index in [0.717, 1.165) is 12.2 Å². The third kappa shape index (κ3) is 3.93.